The van der Waals surface area contributed by atoms with Crippen molar-refractivity contribution in [1.82, 2.24) is 4.98 Å². The molecule has 2 heteroatoms. The van der Waals surface area contributed by atoms with Crippen molar-refractivity contribution in [2.45, 2.75) is 0 Å². The van der Waals surface area contributed by atoms with E-state index in [2.05, 4.69) is 17.1 Å². The zero-order chi connectivity index (χ0) is 15.6. The number of benzene rings is 3. The molecular weight excluding hydrogens is 282 g/mol. The van der Waals surface area contributed by atoms with E-state index in [1.165, 1.54) is 0 Å². The summed E-state index contributed by atoms with van der Waals surface area (Å²) < 4.78 is 0. The molecule has 110 valence electrons. The zero-order valence-electron chi connectivity index (χ0n) is 12.5. The Kier molecular flexibility index (Phi) is 3.28. The van der Waals surface area contributed by atoms with Gasteiger partial charge in [-0.2, -0.15) is 0 Å². The lowest BCUT2D eigenvalue weighted by atomic mass is 9.98. The first kappa shape index (κ1) is 13.5. The Morgan fingerprint density at radius 3 is 2.22 bits per heavy atom. The Morgan fingerprint density at radius 2 is 1.43 bits per heavy atom. The molecule has 0 saturated heterocycles. The van der Waals surface area contributed by atoms with Gasteiger partial charge in [-0.05, 0) is 23.3 Å². The SMILES string of the molecule is O=C(c1ccc(-c2ccccc2)cc1)c1cccc2cc[nH]c12. The van der Waals surface area contributed by atoms with E-state index in [9.17, 15) is 4.79 Å². The standard InChI is InChI=1S/C21H15NO/c23-21(19-8-4-7-17-13-14-22-20(17)19)18-11-9-16(10-12-18)15-5-2-1-3-6-15/h1-14,22H. The number of H-pyrrole nitrogens is 1. The van der Waals surface area contributed by atoms with E-state index in [1.807, 2.05) is 72.9 Å². The van der Waals surface area contributed by atoms with Crippen LogP contribution < -0.4 is 0 Å². The van der Waals surface area contributed by atoms with Crippen LogP contribution in [0, 0.1) is 0 Å². The second-order valence-electron chi connectivity index (χ2n) is 5.52. The highest BCUT2D eigenvalue weighted by Crippen LogP contribution is 2.23. The molecule has 1 N–H and O–H groups in total. The van der Waals surface area contributed by atoms with Crippen LogP contribution in [-0.4, -0.2) is 10.8 Å². The van der Waals surface area contributed by atoms with E-state index in [0.717, 1.165) is 22.0 Å². The first-order valence-electron chi connectivity index (χ1n) is 7.59. The van der Waals surface area contributed by atoms with Crippen LogP contribution in [0.25, 0.3) is 22.0 Å². The van der Waals surface area contributed by atoms with Crippen molar-refractivity contribution in [2.75, 3.05) is 0 Å². The summed E-state index contributed by atoms with van der Waals surface area (Å²) in [4.78, 5) is 15.9. The average Bonchev–Trinajstić information content (AvgIpc) is 3.11. The molecule has 0 spiro atoms. The number of fused-ring (bicyclic) bond motifs is 1. The van der Waals surface area contributed by atoms with E-state index in [1.54, 1.807) is 0 Å². The van der Waals surface area contributed by atoms with E-state index < -0.39 is 0 Å². The fourth-order valence-electron chi connectivity index (χ4n) is 2.87. The van der Waals surface area contributed by atoms with Crippen LogP contribution in [0.15, 0.2) is 85.1 Å². The Bertz CT molecular complexity index is 966. The molecule has 0 radical (unpaired) electrons. The van der Waals surface area contributed by atoms with Gasteiger partial charge >= 0.3 is 0 Å². The minimum absolute atomic E-state index is 0.0395. The number of hydrogen-bond donors (Lipinski definition) is 1. The summed E-state index contributed by atoms with van der Waals surface area (Å²) in [6.45, 7) is 0. The Labute approximate surface area is 134 Å². The van der Waals surface area contributed by atoms with Crippen LogP contribution in [0.5, 0.6) is 0 Å². The van der Waals surface area contributed by atoms with Gasteiger partial charge in [-0.25, -0.2) is 0 Å². The highest BCUT2D eigenvalue weighted by atomic mass is 16.1. The normalized spacial score (nSPS) is 10.8. The predicted molar refractivity (Wildman–Crippen MR) is 93.6 cm³/mol. The van der Waals surface area contributed by atoms with Gasteiger partial charge in [0.25, 0.3) is 0 Å². The summed E-state index contributed by atoms with van der Waals surface area (Å²) in [5, 5.41) is 1.05. The van der Waals surface area contributed by atoms with Crippen molar-refractivity contribution in [3.8, 4) is 11.1 Å². The maximum absolute atomic E-state index is 12.8. The van der Waals surface area contributed by atoms with Gasteiger partial charge in [-0.1, -0.05) is 66.7 Å². The summed E-state index contributed by atoms with van der Waals surface area (Å²) in [6, 6.07) is 25.7. The quantitative estimate of drug-likeness (QED) is 0.526. The van der Waals surface area contributed by atoms with E-state index in [0.29, 0.717) is 11.1 Å². The molecule has 0 atom stereocenters. The van der Waals surface area contributed by atoms with Gasteiger partial charge in [0.05, 0.1) is 5.52 Å². The molecule has 23 heavy (non-hydrogen) atoms. The highest BCUT2D eigenvalue weighted by Gasteiger charge is 2.13. The Hall–Kier alpha value is -3.13. The van der Waals surface area contributed by atoms with Crippen LogP contribution in [0.1, 0.15) is 15.9 Å². The van der Waals surface area contributed by atoms with Crippen LogP contribution >= 0.6 is 0 Å². The molecule has 4 aromatic rings. The lowest BCUT2D eigenvalue weighted by Gasteiger charge is -2.05. The van der Waals surface area contributed by atoms with Gasteiger partial charge in [0.2, 0.25) is 0 Å². The molecule has 0 aliphatic carbocycles. The average molecular weight is 297 g/mol. The molecule has 0 bridgehead atoms. The summed E-state index contributed by atoms with van der Waals surface area (Å²) in [5.41, 5.74) is 4.56. The maximum atomic E-state index is 12.8. The molecule has 4 rings (SSSR count). The lowest BCUT2D eigenvalue weighted by molar-refractivity contribution is 0.104. The van der Waals surface area contributed by atoms with Crippen molar-refractivity contribution in [1.29, 1.82) is 0 Å². The molecule has 0 unspecified atom stereocenters. The number of carbonyl (C=O) groups is 1. The van der Waals surface area contributed by atoms with E-state index >= 15 is 0 Å². The minimum atomic E-state index is 0.0395. The lowest BCUT2D eigenvalue weighted by Crippen LogP contribution is -2.02. The second-order valence-corrected chi connectivity index (χ2v) is 5.52. The number of ketones is 1. The number of rotatable bonds is 3. The number of aromatic nitrogens is 1. The van der Waals surface area contributed by atoms with Gasteiger partial charge in [0, 0.05) is 22.7 Å². The predicted octanol–water partition coefficient (Wildman–Crippen LogP) is 5.07. The van der Waals surface area contributed by atoms with Crippen LogP contribution in [-0.2, 0) is 0 Å². The highest BCUT2D eigenvalue weighted by molar-refractivity contribution is 6.15. The first-order valence-corrected chi connectivity index (χ1v) is 7.59. The van der Waals surface area contributed by atoms with Gasteiger partial charge < -0.3 is 4.98 Å². The molecule has 0 amide bonds. The smallest absolute Gasteiger partial charge is 0.195 e. The van der Waals surface area contributed by atoms with Gasteiger partial charge in [-0.15, -0.1) is 0 Å². The first-order chi connectivity index (χ1) is 11.3. The van der Waals surface area contributed by atoms with Crippen molar-refractivity contribution >= 4 is 16.7 Å². The third-order valence-corrected chi connectivity index (χ3v) is 4.09. The topological polar surface area (TPSA) is 32.9 Å². The fraction of sp³-hybridized carbons (Fsp3) is 0. The van der Waals surface area contributed by atoms with Gasteiger partial charge in [0.1, 0.15) is 0 Å². The number of aromatic amines is 1. The van der Waals surface area contributed by atoms with Crippen molar-refractivity contribution < 1.29 is 4.79 Å². The number of nitrogens with one attached hydrogen (secondary N) is 1. The third kappa shape index (κ3) is 2.44. The monoisotopic (exact) mass is 297 g/mol. The fourth-order valence-corrected chi connectivity index (χ4v) is 2.87. The Morgan fingerprint density at radius 1 is 0.696 bits per heavy atom. The third-order valence-electron chi connectivity index (χ3n) is 4.09. The number of hydrogen-bond acceptors (Lipinski definition) is 1. The number of para-hydroxylation sites is 1. The van der Waals surface area contributed by atoms with Gasteiger partial charge in [-0.3, -0.25) is 4.79 Å². The summed E-state index contributed by atoms with van der Waals surface area (Å²) in [6.07, 6.45) is 1.86. The summed E-state index contributed by atoms with van der Waals surface area (Å²) >= 11 is 0. The zero-order valence-corrected chi connectivity index (χ0v) is 12.5. The largest absolute Gasteiger partial charge is 0.361 e. The van der Waals surface area contributed by atoms with Crippen LogP contribution in [0.2, 0.25) is 0 Å². The second kappa shape index (κ2) is 5.58. The molecule has 1 aromatic heterocycles. The van der Waals surface area contributed by atoms with Gasteiger partial charge in [0.15, 0.2) is 5.78 Å². The summed E-state index contributed by atoms with van der Waals surface area (Å²) in [5.74, 6) is 0.0395. The van der Waals surface area contributed by atoms with E-state index in [-0.39, 0.29) is 5.78 Å². The molecule has 1 heterocycles. The molecule has 0 aliphatic rings. The summed E-state index contributed by atoms with van der Waals surface area (Å²) in [7, 11) is 0. The van der Waals surface area contributed by atoms with Crippen molar-refractivity contribution in [3.63, 3.8) is 0 Å². The Balaban J connectivity index is 1.71. The van der Waals surface area contributed by atoms with Crippen molar-refractivity contribution in [2.24, 2.45) is 0 Å². The molecule has 0 saturated carbocycles. The molecule has 2 nitrogen and oxygen atoms in total. The van der Waals surface area contributed by atoms with Crippen LogP contribution in [0.3, 0.4) is 0 Å². The van der Waals surface area contributed by atoms with Crippen LogP contribution in [0.4, 0.5) is 0 Å². The number of carbonyl (C=O) groups excluding carboxylic acids is 1. The van der Waals surface area contributed by atoms with Crippen molar-refractivity contribution in [3.05, 3.63) is 96.2 Å². The molecule has 0 fully saturated rings. The molecule has 0 aliphatic heterocycles. The maximum Gasteiger partial charge on any atom is 0.195 e. The van der Waals surface area contributed by atoms with E-state index in [4.69, 9.17) is 0 Å². The molecular formula is C21H15NO. The molecule has 3 aromatic carbocycles. The minimum Gasteiger partial charge on any atom is -0.361 e.